The minimum absolute atomic E-state index is 0.0986. The summed E-state index contributed by atoms with van der Waals surface area (Å²) in [4.78, 5) is 42.3. The van der Waals surface area contributed by atoms with Gasteiger partial charge in [0, 0.05) is 23.6 Å². The molecule has 2 aliphatic rings. The molecular weight excluding hydrogens is 394 g/mol. The fraction of sp³-hybridized carbons (Fsp3) is 0.348. The Morgan fingerprint density at radius 1 is 1.13 bits per heavy atom. The molecular formula is C23H23N5O3. The average Bonchev–Trinajstić information content (AvgIpc) is 3.39. The van der Waals surface area contributed by atoms with Gasteiger partial charge in [0.2, 0.25) is 5.91 Å². The number of rotatable bonds is 5. The van der Waals surface area contributed by atoms with Crippen molar-refractivity contribution >= 4 is 22.6 Å². The van der Waals surface area contributed by atoms with Crippen LogP contribution in [0.1, 0.15) is 42.6 Å². The molecule has 2 aliphatic carbocycles. The molecule has 3 N–H and O–H groups in total. The number of nitrogens with two attached hydrogens (primary N) is 1. The van der Waals surface area contributed by atoms with Gasteiger partial charge >= 0.3 is 0 Å². The minimum Gasteiger partial charge on any atom is -0.364 e. The molecule has 3 atom stereocenters. The van der Waals surface area contributed by atoms with Gasteiger partial charge in [-0.2, -0.15) is 0 Å². The molecule has 8 heteroatoms. The summed E-state index contributed by atoms with van der Waals surface area (Å²) in [6, 6.07) is 10.3. The van der Waals surface area contributed by atoms with Gasteiger partial charge in [0.25, 0.3) is 11.5 Å². The molecule has 0 saturated heterocycles. The summed E-state index contributed by atoms with van der Waals surface area (Å²) in [6.07, 6.45) is 6.66. The molecule has 2 fully saturated rings. The molecule has 2 amide bonds. The number of amides is 2. The maximum absolute atomic E-state index is 13.0. The third-order valence-corrected chi connectivity index (χ3v) is 6.65. The number of fused-ring (bicyclic) bond motifs is 3. The van der Waals surface area contributed by atoms with E-state index in [1.165, 1.54) is 31.5 Å². The summed E-state index contributed by atoms with van der Waals surface area (Å²) in [5.74, 6) is 0.894. The van der Waals surface area contributed by atoms with E-state index in [2.05, 4.69) is 15.5 Å². The minimum atomic E-state index is -0.654. The number of primary amides is 1. The Hall–Kier alpha value is -3.55. The van der Waals surface area contributed by atoms with Crippen LogP contribution in [-0.2, 0) is 4.79 Å². The van der Waals surface area contributed by atoms with Crippen molar-refractivity contribution in [1.29, 1.82) is 0 Å². The summed E-state index contributed by atoms with van der Waals surface area (Å²) in [7, 11) is 0. The fourth-order valence-corrected chi connectivity index (χ4v) is 5.22. The van der Waals surface area contributed by atoms with Crippen molar-refractivity contribution in [1.82, 2.24) is 14.9 Å². The molecule has 0 radical (unpaired) electrons. The molecule has 2 bridgehead atoms. The number of hydrogen-bond acceptors (Lipinski definition) is 5. The van der Waals surface area contributed by atoms with Gasteiger partial charge in [-0.05, 0) is 55.2 Å². The highest BCUT2D eigenvalue weighted by atomic mass is 16.2. The maximum atomic E-state index is 13.0. The summed E-state index contributed by atoms with van der Waals surface area (Å²) in [5.41, 5.74) is 8.78. The SMILES string of the molecule is NC(=O)c1cc(-c2nn(NC(=O)CC3CC4CCC3C4)c(=O)c3ccccc23)ccn1. The molecule has 2 heterocycles. The molecule has 0 aliphatic heterocycles. The third kappa shape index (κ3) is 3.58. The lowest BCUT2D eigenvalue weighted by Crippen LogP contribution is -2.36. The molecule has 1 aromatic carbocycles. The third-order valence-electron chi connectivity index (χ3n) is 6.65. The van der Waals surface area contributed by atoms with Crippen molar-refractivity contribution < 1.29 is 9.59 Å². The summed E-state index contributed by atoms with van der Waals surface area (Å²) >= 11 is 0. The molecule has 5 rings (SSSR count). The van der Waals surface area contributed by atoms with E-state index >= 15 is 0 Å². The smallest absolute Gasteiger partial charge is 0.294 e. The Morgan fingerprint density at radius 2 is 1.94 bits per heavy atom. The van der Waals surface area contributed by atoms with E-state index in [0.29, 0.717) is 40.3 Å². The Labute approximate surface area is 178 Å². The van der Waals surface area contributed by atoms with Crippen molar-refractivity contribution in [2.75, 3.05) is 5.43 Å². The van der Waals surface area contributed by atoms with Gasteiger partial charge in [0.05, 0.1) is 5.39 Å². The van der Waals surface area contributed by atoms with E-state index in [-0.39, 0.29) is 11.6 Å². The molecule has 8 nitrogen and oxygen atoms in total. The van der Waals surface area contributed by atoms with Gasteiger partial charge in [-0.15, -0.1) is 9.89 Å². The van der Waals surface area contributed by atoms with E-state index < -0.39 is 11.5 Å². The van der Waals surface area contributed by atoms with Crippen LogP contribution in [0, 0.1) is 17.8 Å². The lowest BCUT2D eigenvalue weighted by atomic mass is 9.86. The van der Waals surface area contributed by atoms with Crippen LogP contribution in [0.5, 0.6) is 0 Å². The lowest BCUT2D eigenvalue weighted by Gasteiger charge is -2.21. The predicted molar refractivity (Wildman–Crippen MR) is 116 cm³/mol. The quantitative estimate of drug-likeness (QED) is 0.661. The summed E-state index contributed by atoms with van der Waals surface area (Å²) < 4.78 is 0. The second-order valence-electron chi connectivity index (χ2n) is 8.58. The number of pyridine rings is 1. The number of hydrogen-bond donors (Lipinski definition) is 2. The standard InChI is InChI=1S/C23H23N5O3/c24-22(30)19-11-15(7-8-25-19)21-17-3-1-2-4-18(17)23(31)28(27-21)26-20(29)12-16-10-13-5-6-14(16)9-13/h1-4,7-8,11,13-14,16H,5-6,9-10,12H2,(H2,24,30)(H,26,29). The van der Waals surface area contributed by atoms with E-state index in [0.717, 1.165) is 17.1 Å². The van der Waals surface area contributed by atoms with Gasteiger partial charge in [-0.25, -0.2) is 5.43 Å². The van der Waals surface area contributed by atoms with Crippen molar-refractivity contribution in [3.8, 4) is 11.3 Å². The summed E-state index contributed by atoms with van der Waals surface area (Å²) in [6.45, 7) is 0. The van der Waals surface area contributed by atoms with Gasteiger partial charge in [0.15, 0.2) is 0 Å². The van der Waals surface area contributed by atoms with Crippen molar-refractivity contribution in [2.45, 2.75) is 32.1 Å². The Morgan fingerprint density at radius 3 is 2.65 bits per heavy atom. The first-order chi connectivity index (χ1) is 15.0. The Bertz CT molecular complexity index is 1250. The van der Waals surface area contributed by atoms with E-state index in [4.69, 9.17) is 5.73 Å². The normalized spacial score (nSPS) is 22.0. The number of nitrogens with one attached hydrogen (secondary N) is 1. The summed E-state index contributed by atoms with van der Waals surface area (Å²) in [5, 5.41) is 5.47. The number of aromatic nitrogens is 3. The van der Waals surface area contributed by atoms with Crippen LogP contribution in [0.4, 0.5) is 0 Å². The van der Waals surface area contributed by atoms with Gasteiger partial charge in [-0.3, -0.25) is 19.4 Å². The van der Waals surface area contributed by atoms with Crippen LogP contribution in [0.3, 0.4) is 0 Å². The monoisotopic (exact) mass is 417 g/mol. The molecule has 158 valence electrons. The largest absolute Gasteiger partial charge is 0.364 e. The van der Waals surface area contributed by atoms with Gasteiger partial charge in [-0.1, -0.05) is 24.6 Å². The highest BCUT2D eigenvalue weighted by Gasteiger charge is 2.40. The topological polar surface area (TPSA) is 120 Å². The molecule has 3 aromatic rings. The van der Waals surface area contributed by atoms with Gasteiger partial charge < -0.3 is 5.73 Å². The highest BCUT2D eigenvalue weighted by Crippen LogP contribution is 2.49. The first kappa shape index (κ1) is 19.4. The van der Waals surface area contributed by atoms with Crippen molar-refractivity contribution in [2.24, 2.45) is 23.5 Å². The number of carbonyl (C=O) groups is 2. The van der Waals surface area contributed by atoms with Crippen molar-refractivity contribution in [3.05, 3.63) is 58.6 Å². The molecule has 2 aromatic heterocycles. The van der Waals surface area contributed by atoms with Crippen molar-refractivity contribution in [3.63, 3.8) is 0 Å². The first-order valence-electron chi connectivity index (χ1n) is 10.6. The van der Waals surface area contributed by atoms with E-state index in [9.17, 15) is 14.4 Å². The van der Waals surface area contributed by atoms with Crippen LogP contribution >= 0.6 is 0 Å². The molecule has 31 heavy (non-hydrogen) atoms. The van der Waals surface area contributed by atoms with Crippen LogP contribution in [0.2, 0.25) is 0 Å². The van der Waals surface area contributed by atoms with Crippen LogP contribution in [-0.4, -0.2) is 26.7 Å². The second kappa shape index (κ2) is 7.61. The lowest BCUT2D eigenvalue weighted by molar-refractivity contribution is -0.118. The second-order valence-corrected chi connectivity index (χ2v) is 8.58. The Balaban J connectivity index is 1.51. The van der Waals surface area contributed by atoms with Crippen LogP contribution < -0.4 is 16.7 Å². The van der Waals surface area contributed by atoms with E-state index in [1.807, 2.05) is 0 Å². The Kier molecular flexibility index (Phi) is 4.77. The van der Waals surface area contributed by atoms with E-state index in [1.54, 1.807) is 30.3 Å². The fourth-order valence-electron chi connectivity index (χ4n) is 5.22. The zero-order chi connectivity index (χ0) is 21.5. The molecule has 3 unspecified atom stereocenters. The zero-order valence-electron chi connectivity index (χ0n) is 17.0. The molecule has 0 spiro atoms. The first-order valence-corrected chi connectivity index (χ1v) is 10.6. The maximum Gasteiger partial charge on any atom is 0.294 e. The molecule has 2 saturated carbocycles. The zero-order valence-corrected chi connectivity index (χ0v) is 17.0. The number of benzene rings is 1. The van der Waals surface area contributed by atoms with Gasteiger partial charge in [0.1, 0.15) is 11.4 Å². The average molecular weight is 417 g/mol. The van der Waals surface area contributed by atoms with Crippen LogP contribution in [0.25, 0.3) is 22.0 Å². The predicted octanol–water partition coefficient (Wildman–Crippen LogP) is 2.45. The number of nitrogens with zero attached hydrogens (tertiary/aromatic N) is 3. The van der Waals surface area contributed by atoms with Crippen LogP contribution in [0.15, 0.2) is 47.4 Å². The highest BCUT2D eigenvalue weighted by molar-refractivity contribution is 5.96. The number of carbonyl (C=O) groups excluding carboxylic acids is 2.